The Bertz CT molecular complexity index is 950. The van der Waals surface area contributed by atoms with Crippen LogP contribution >= 0.6 is 0 Å². The van der Waals surface area contributed by atoms with Crippen LogP contribution in [0, 0.1) is 11.3 Å². The molecule has 1 saturated heterocycles. The molecule has 0 spiro atoms. The summed E-state index contributed by atoms with van der Waals surface area (Å²) in [7, 11) is -2.00. The molecule has 0 aromatic heterocycles. The molecule has 7 heteroatoms. The number of hydrogen-bond donors (Lipinski definition) is 1. The molecule has 1 aromatic carbocycles. The van der Waals surface area contributed by atoms with Gasteiger partial charge in [0.25, 0.3) is 0 Å². The van der Waals surface area contributed by atoms with Crippen molar-refractivity contribution in [3.63, 3.8) is 0 Å². The molecule has 1 amide bonds. The zero-order valence-electron chi connectivity index (χ0n) is 18.5. The highest BCUT2D eigenvalue weighted by Crippen LogP contribution is 2.56. The predicted octanol–water partition coefficient (Wildman–Crippen LogP) is 2.98. The van der Waals surface area contributed by atoms with Crippen LogP contribution in [-0.4, -0.2) is 45.0 Å². The second kappa shape index (κ2) is 7.31. The average molecular weight is 435 g/mol. The molecule has 1 aliphatic heterocycles. The molecule has 1 aromatic rings. The van der Waals surface area contributed by atoms with Crippen molar-refractivity contribution in [3.05, 3.63) is 29.3 Å². The van der Waals surface area contributed by atoms with Gasteiger partial charge in [0.2, 0.25) is 15.9 Å². The Morgan fingerprint density at radius 1 is 1.17 bits per heavy atom. The predicted molar refractivity (Wildman–Crippen MR) is 116 cm³/mol. The van der Waals surface area contributed by atoms with Gasteiger partial charge in [0, 0.05) is 31.0 Å². The summed E-state index contributed by atoms with van der Waals surface area (Å²) in [6, 6.07) is 5.38. The van der Waals surface area contributed by atoms with E-state index in [-0.39, 0.29) is 39.7 Å². The van der Waals surface area contributed by atoms with Gasteiger partial charge in [-0.1, -0.05) is 26.8 Å². The second-order valence-electron chi connectivity index (χ2n) is 10.1. The maximum atomic E-state index is 13.5. The first-order valence-electron chi connectivity index (χ1n) is 11.0. The molecule has 2 N–H and O–H groups in total. The first kappa shape index (κ1) is 21.8. The molecule has 0 radical (unpaired) electrons. The van der Waals surface area contributed by atoms with Crippen molar-refractivity contribution in [2.75, 3.05) is 13.7 Å². The lowest BCUT2D eigenvalue weighted by molar-refractivity contribution is -0.150. The van der Waals surface area contributed by atoms with Gasteiger partial charge in [0.1, 0.15) is 0 Å². The Kier molecular flexibility index (Phi) is 5.31. The van der Waals surface area contributed by atoms with E-state index in [1.165, 1.54) is 0 Å². The summed E-state index contributed by atoms with van der Waals surface area (Å²) in [4.78, 5) is 15.8. The van der Waals surface area contributed by atoms with E-state index in [2.05, 4.69) is 25.7 Å². The van der Waals surface area contributed by atoms with Crippen molar-refractivity contribution in [2.24, 2.45) is 16.5 Å². The maximum absolute atomic E-state index is 13.5. The van der Waals surface area contributed by atoms with E-state index < -0.39 is 10.0 Å². The fourth-order valence-corrected chi connectivity index (χ4v) is 6.64. The molecular formula is C23H34N2O4S. The quantitative estimate of drug-likeness (QED) is 0.792. The average Bonchev–Trinajstić information content (AvgIpc) is 2.69. The molecule has 0 unspecified atom stereocenters. The summed E-state index contributed by atoms with van der Waals surface area (Å²) in [5, 5.41) is 5.40. The molecule has 2 atom stereocenters. The Labute approximate surface area is 180 Å². The van der Waals surface area contributed by atoms with E-state index in [1.54, 1.807) is 19.2 Å². The van der Waals surface area contributed by atoms with Crippen molar-refractivity contribution in [1.82, 2.24) is 4.90 Å². The van der Waals surface area contributed by atoms with E-state index in [1.807, 2.05) is 6.07 Å². The first-order valence-corrected chi connectivity index (χ1v) is 12.5. The number of benzene rings is 1. The Morgan fingerprint density at radius 2 is 1.83 bits per heavy atom. The van der Waals surface area contributed by atoms with E-state index in [4.69, 9.17) is 9.88 Å². The van der Waals surface area contributed by atoms with E-state index >= 15 is 0 Å². The van der Waals surface area contributed by atoms with Gasteiger partial charge in [0.15, 0.2) is 0 Å². The molecule has 1 heterocycles. The summed E-state index contributed by atoms with van der Waals surface area (Å²) in [6.45, 7) is 7.39. The molecule has 4 rings (SSSR count). The van der Waals surface area contributed by atoms with Crippen molar-refractivity contribution in [1.29, 1.82) is 0 Å². The van der Waals surface area contributed by atoms with Crippen LogP contribution in [0.15, 0.2) is 23.1 Å². The van der Waals surface area contributed by atoms with Crippen LogP contribution in [0.4, 0.5) is 0 Å². The lowest BCUT2D eigenvalue weighted by atomic mass is 9.51. The van der Waals surface area contributed by atoms with Gasteiger partial charge in [-0.2, -0.15) is 0 Å². The fraction of sp³-hybridized carbons (Fsp3) is 0.696. The van der Waals surface area contributed by atoms with E-state index in [0.29, 0.717) is 6.54 Å². The van der Waals surface area contributed by atoms with Crippen molar-refractivity contribution >= 4 is 15.9 Å². The van der Waals surface area contributed by atoms with Crippen molar-refractivity contribution < 1.29 is 17.9 Å². The molecule has 6 nitrogen and oxygen atoms in total. The van der Waals surface area contributed by atoms with Crippen LogP contribution in [0.3, 0.4) is 0 Å². The summed E-state index contributed by atoms with van der Waals surface area (Å²) < 4.78 is 29.3. The standard InChI is InChI=1S/C23H34N2O4S/c1-22(2)20-13-16-7-10-18(30(24,27)28)14-19(16)23(22,3)11-12-25(20)21(26)15-5-8-17(29-4)9-6-15/h7,10,14-15,17,20H,5-6,8-9,11-13H2,1-4H3,(H2,24,27,28)/t15?,17?,20-,23+/m1/s1. The first-order chi connectivity index (χ1) is 14.0. The SMILES string of the molecule is COC1CCC(C(=O)N2CC[C@@]3(C)c4cc(S(N)(=O)=O)ccc4C[C@@H]2C3(C)C)CC1. The van der Waals surface area contributed by atoms with E-state index in [9.17, 15) is 13.2 Å². The van der Waals surface area contributed by atoms with Gasteiger partial charge in [-0.15, -0.1) is 0 Å². The van der Waals surface area contributed by atoms with Gasteiger partial charge in [-0.25, -0.2) is 13.6 Å². The topological polar surface area (TPSA) is 89.7 Å². The number of piperidine rings is 1. The Balaban J connectivity index is 1.66. The molecule has 30 heavy (non-hydrogen) atoms. The maximum Gasteiger partial charge on any atom is 0.238 e. The van der Waals surface area contributed by atoms with Crippen LogP contribution in [0.2, 0.25) is 0 Å². The van der Waals surface area contributed by atoms with Crippen LogP contribution in [0.5, 0.6) is 0 Å². The fourth-order valence-electron chi connectivity index (χ4n) is 6.10. The number of likely N-dealkylation sites (tertiary alicyclic amines) is 1. The molecule has 2 fully saturated rings. The zero-order valence-corrected chi connectivity index (χ0v) is 19.3. The Hall–Kier alpha value is -1.44. The monoisotopic (exact) mass is 434 g/mol. The number of ether oxygens (including phenoxy) is 1. The lowest BCUT2D eigenvalue weighted by Crippen LogP contribution is -2.65. The highest BCUT2D eigenvalue weighted by atomic mass is 32.2. The number of methoxy groups -OCH3 is 1. The minimum absolute atomic E-state index is 0.0858. The third-order valence-corrected chi connectivity index (χ3v) is 9.45. The van der Waals surface area contributed by atoms with Crippen LogP contribution in [0.25, 0.3) is 0 Å². The van der Waals surface area contributed by atoms with Gasteiger partial charge in [-0.3, -0.25) is 4.79 Å². The lowest BCUT2D eigenvalue weighted by Gasteiger charge is -2.61. The van der Waals surface area contributed by atoms with Crippen LogP contribution in [-0.2, 0) is 31.4 Å². The van der Waals surface area contributed by atoms with Crippen molar-refractivity contribution in [2.45, 2.75) is 81.8 Å². The van der Waals surface area contributed by atoms with E-state index in [0.717, 1.165) is 49.7 Å². The number of carbonyl (C=O) groups is 1. The number of carbonyl (C=O) groups excluding carboxylic acids is 1. The van der Waals surface area contributed by atoms with Gasteiger partial charge < -0.3 is 9.64 Å². The molecule has 3 aliphatic rings. The smallest absolute Gasteiger partial charge is 0.238 e. The number of fused-ring (bicyclic) bond motifs is 4. The number of nitrogens with zero attached hydrogens (tertiary/aromatic N) is 1. The van der Waals surface area contributed by atoms with Crippen LogP contribution in [0.1, 0.15) is 64.0 Å². The summed E-state index contributed by atoms with van der Waals surface area (Å²) in [6.07, 6.45) is 5.54. The highest BCUT2D eigenvalue weighted by Gasteiger charge is 2.57. The summed E-state index contributed by atoms with van der Waals surface area (Å²) in [5.41, 5.74) is 1.82. The number of primary sulfonamides is 1. The molecule has 2 bridgehead atoms. The Morgan fingerprint density at radius 3 is 2.43 bits per heavy atom. The van der Waals surface area contributed by atoms with Gasteiger partial charge >= 0.3 is 0 Å². The molecular weight excluding hydrogens is 400 g/mol. The van der Waals surface area contributed by atoms with Gasteiger partial charge in [0.05, 0.1) is 11.0 Å². The molecule has 2 aliphatic carbocycles. The number of hydrogen-bond acceptors (Lipinski definition) is 4. The molecule has 1 saturated carbocycles. The zero-order chi connectivity index (χ0) is 21.9. The number of amides is 1. The second-order valence-corrected chi connectivity index (χ2v) is 11.7. The largest absolute Gasteiger partial charge is 0.381 e. The normalized spacial score (nSPS) is 33.1. The van der Waals surface area contributed by atoms with Gasteiger partial charge in [-0.05, 0) is 67.2 Å². The van der Waals surface area contributed by atoms with Crippen molar-refractivity contribution in [3.8, 4) is 0 Å². The van der Waals surface area contributed by atoms with Crippen LogP contribution < -0.4 is 5.14 Å². The third-order valence-electron chi connectivity index (χ3n) is 8.54. The third kappa shape index (κ3) is 3.30. The summed E-state index contributed by atoms with van der Waals surface area (Å²) in [5.74, 6) is 0.372. The summed E-state index contributed by atoms with van der Waals surface area (Å²) >= 11 is 0. The minimum atomic E-state index is -3.75. The highest BCUT2D eigenvalue weighted by molar-refractivity contribution is 7.89. The number of sulfonamides is 1. The number of rotatable bonds is 3. The minimum Gasteiger partial charge on any atom is -0.381 e. The molecule has 166 valence electrons. The number of nitrogens with two attached hydrogens (primary N) is 1.